The zero-order valence-corrected chi connectivity index (χ0v) is 20.0. The summed E-state index contributed by atoms with van der Waals surface area (Å²) in [7, 11) is 0. The summed E-state index contributed by atoms with van der Waals surface area (Å²) in [6, 6.07) is 12.8. The van der Waals surface area contributed by atoms with E-state index in [0.29, 0.717) is 0 Å². The molecule has 1 aromatic heterocycles. The molecule has 1 aromatic carbocycles. The van der Waals surface area contributed by atoms with E-state index in [9.17, 15) is 0 Å². The molecule has 1 aliphatic carbocycles. The average molecular weight is 422 g/mol. The summed E-state index contributed by atoms with van der Waals surface area (Å²) in [4.78, 5) is 4.68. The van der Waals surface area contributed by atoms with Crippen LogP contribution in [0.5, 0.6) is 5.75 Å². The number of aromatic nitrogens is 1. The number of rotatable bonds is 13. The summed E-state index contributed by atoms with van der Waals surface area (Å²) in [5.41, 5.74) is 3.55. The fraction of sp³-hybridized carbons (Fsp3) is 0.621. The summed E-state index contributed by atoms with van der Waals surface area (Å²) >= 11 is 0. The van der Waals surface area contributed by atoms with Crippen LogP contribution < -0.4 is 4.74 Å². The van der Waals surface area contributed by atoms with Crippen molar-refractivity contribution in [3.63, 3.8) is 0 Å². The topological polar surface area (TPSA) is 22.1 Å². The summed E-state index contributed by atoms with van der Waals surface area (Å²) in [5, 5.41) is 0. The molecule has 31 heavy (non-hydrogen) atoms. The van der Waals surface area contributed by atoms with Crippen LogP contribution in [-0.2, 0) is 6.42 Å². The van der Waals surface area contributed by atoms with Crippen molar-refractivity contribution in [1.82, 2.24) is 4.98 Å². The van der Waals surface area contributed by atoms with E-state index in [1.54, 1.807) is 0 Å². The third kappa shape index (κ3) is 8.31. The van der Waals surface area contributed by atoms with Gasteiger partial charge in [0.25, 0.3) is 0 Å². The monoisotopic (exact) mass is 421 g/mol. The second-order valence-electron chi connectivity index (χ2n) is 9.55. The zero-order valence-electron chi connectivity index (χ0n) is 20.0. The Morgan fingerprint density at radius 2 is 1.52 bits per heavy atom. The van der Waals surface area contributed by atoms with E-state index in [0.717, 1.165) is 41.9 Å². The first-order valence-electron chi connectivity index (χ1n) is 13.0. The molecule has 0 saturated heterocycles. The van der Waals surface area contributed by atoms with Crippen molar-refractivity contribution in [2.75, 3.05) is 6.61 Å². The molecule has 0 N–H and O–H groups in total. The predicted octanol–water partition coefficient (Wildman–Crippen LogP) is 8.64. The van der Waals surface area contributed by atoms with Gasteiger partial charge in [-0.05, 0) is 73.4 Å². The molecular formula is C29H43NO. The molecule has 3 rings (SSSR count). The Morgan fingerprint density at radius 1 is 0.774 bits per heavy atom. The highest BCUT2D eigenvalue weighted by molar-refractivity contribution is 5.60. The number of ether oxygens (including phenoxy) is 1. The SMILES string of the molecule is CCCCCCc1ccc(-c2ccc(OCCC[C@H]3CC[C@H](CCC)CC3)cc2)nc1. The minimum Gasteiger partial charge on any atom is -0.494 e. The Kier molecular flexibility index (Phi) is 10.4. The molecule has 1 fully saturated rings. The fourth-order valence-electron chi connectivity index (χ4n) is 5.00. The van der Waals surface area contributed by atoms with Crippen LogP contribution in [0.4, 0.5) is 0 Å². The first-order valence-corrected chi connectivity index (χ1v) is 13.0. The second kappa shape index (κ2) is 13.6. The van der Waals surface area contributed by atoms with Gasteiger partial charge in [0.2, 0.25) is 0 Å². The van der Waals surface area contributed by atoms with Crippen LogP contribution in [0, 0.1) is 11.8 Å². The number of unbranched alkanes of at least 4 members (excludes halogenated alkanes) is 3. The Morgan fingerprint density at radius 3 is 2.16 bits per heavy atom. The molecule has 0 spiro atoms. The molecule has 0 unspecified atom stereocenters. The molecule has 0 amide bonds. The maximum Gasteiger partial charge on any atom is 0.119 e. The number of aryl methyl sites for hydroxylation is 1. The van der Waals surface area contributed by atoms with Crippen molar-refractivity contribution in [2.24, 2.45) is 11.8 Å². The number of nitrogens with zero attached hydrogens (tertiary/aromatic N) is 1. The molecule has 2 nitrogen and oxygen atoms in total. The third-order valence-electron chi connectivity index (χ3n) is 6.98. The van der Waals surface area contributed by atoms with Gasteiger partial charge < -0.3 is 4.74 Å². The smallest absolute Gasteiger partial charge is 0.119 e. The van der Waals surface area contributed by atoms with Crippen molar-refractivity contribution in [3.05, 3.63) is 48.2 Å². The lowest BCUT2D eigenvalue weighted by Gasteiger charge is -2.28. The first-order chi connectivity index (χ1) is 15.3. The molecule has 1 aliphatic rings. The third-order valence-corrected chi connectivity index (χ3v) is 6.98. The summed E-state index contributed by atoms with van der Waals surface area (Å²) in [5.74, 6) is 2.91. The predicted molar refractivity (Wildman–Crippen MR) is 133 cm³/mol. The van der Waals surface area contributed by atoms with Gasteiger partial charge in [0.15, 0.2) is 0 Å². The van der Waals surface area contributed by atoms with Gasteiger partial charge in [-0.3, -0.25) is 4.98 Å². The second-order valence-corrected chi connectivity index (χ2v) is 9.55. The highest BCUT2D eigenvalue weighted by Crippen LogP contribution is 2.33. The van der Waals surface area contributed by atoms with E-state index < -0.39 is 0 Å². The summed E-state index contributed by atoms with van der Waals surface area (Å²) in [6.07, 6.45) is 19.4. The van der Waals surface area contributed by atoms with E-state index in [4.69, 9.17) is 4.74 Å². The summed E-state index contributed by atoms with van der Waals surface area (Å²) < 4.78 is 6.01. The van der Waals surface area contributed by atoms with Crippen LogP contribution >= 0.6 is 0 Å². The van der Waals surface area contributed by atoms with Crippen LogP contribution in [0.25, 0.3) is 11.3 Å². The van der Waals surface area contributed by atoms with Crippen molar-refractivity contribution < 1.29 is 4.74 Å². The van der Waals surface area contributed by atoms with Gasteiger partial charge in [-0.15, -0.1) is 0 Å². The Labute approximate surface area is 190 Å². The minimum absolute atomic E-state index is 0.833. The summed E-state index contributed by atoms with van der Waals surface area (Å²) in [6.45, 7) is 5.41. The Hall–Kier alpha value is -1.83. The molecular weight excluding hydrogens is 378 g/mol. The van der Waals surface area contributed by atoms with Crippen LogP contribution in [0.1, 0.15) is 96.5 Å². The molecule has 0 atom stereocenters. The highest BCUT2D eigenvalue weighted by atomic mass is 16.5. The van der Waals surface area contributed by atoms with Crippen molar-refractivity contribution in [2.45, 2.75) is 97.3 Å². The molecule has 1 saturated carbocycles. The van der Waals surface area contributed by atoms with E-state index >= 15 is 0 Å². The van der Waals surface area contributed by atoms with Gasteiger partial charge >= 0.3 is 0 Å². The Balaban J connectivity index is 1.35. The van der Waals surface area contributed by atoms with Crippen LogP contribution in [-0.4, -0.2) is 11.6 Å². The molecule has 0 aliphatic heterocycles. The first kappa shape index (κ1) is 23.8. The maximum absolute atomic E-state index is 6.01. The fourth-order valence-corrected chi connectivity index (χ4v) is 5.00. The number of pyridine rings is 1. The molecule has 0 bridgehead atoms. The normalized spacial score (nSPS) is 18.8. The van der Waals surface area contributed by atoms with Gasteiger partial charge in [0.05, 0.1) is 12.3 Å². The minimum atomic E-state index is 0.833. The van der Waals surface area contributed by atoms with E-state index in [1.165, 1.54) is 82.6 Å². The van der Waals surface area contributed by atoms with Gasteiger partial charge in [-0.1, -0.05) is 77.7 Å². The van der Waals surface area contributed by atoms with Crippen LogP contribution in [0.3, 0.4) is 0 Å². The highest BCUT2D eigenvalue weighted by Gasteiger charge is 2.20. The van der Waals surface area contributed by atoms with Crippen LogP contribution in [0.15, 0.2) is 42.6 Å². The maximum atomic E-state index is 6.01. The van der Waals surface area contributed by atoms with Gasteiger partial charge in [-0.25, -0.2) is 0 Å². The molecule has 170 valence electrons. The van der Waals surface area contributed by atoms with Gasteiger partial charge in [-0.2, -0.15) is 0 Å². The molecule has 0 radical (unpaired) electrons. The lowest BCUT2D eigenvalue weighted by molar-refractivity contribution is 0.230. The van der Waals surface area contributed by atoms with Gasteiger partial charge in [0, 0.05) is 11.8 Å². The average Bonchev–Trinajstić information content (AvgIpc) is 2.82. The number of hydrogen-bond acceptors (Lipinski definition) is 2. The quantitative estimate of drug-likeness (QED) is 0.302. The largest absolute Gasteiger partial charge is 0.494 e. The van der Waals surface area contributed by atoms with Crippen molar-refractivity contribution in [1.29, 1.82) is 0 Å². The van der Waals surface area contributed by atoms with E-state index in [-0.39, 0.29) is 0 Å². The molecule has 2 aromatic rings. The molecule has 2 heteroatoms. The Bertz CT molecular complexity index is 713. The van der Waals surface area contributed by atoms with E-state index in [2.05, 4.69) is 55.2 Å². The number of hydrogen-bond donors (Lipinski definition) is 0. The standard InChI is InChI=1S/C29H43NO/c1-3-5-6-7-10-26-16-21-29(30-23-26)27-17-19-28(20-18-27)31-22-8-11-25-14-12-24(9-4-2)13-15-25/h16-21,23-25H,3-15,22H2,1-2H3/t24-,25-. The van der Waals surface area contributed by atoms with Crippen molar-refractivity contribution in [3.8, 4) is 17.0 Å². The van der Waals surface area contributed by atoms with Crippen LogP contribution in [0.2, 0.25) is 0 Å². The molecule has 1 heterocycles. The van der Waals surface area contributed by atoms with Crippen molar-refractivity contribution >= 4 is 0 Å². The lowest BCUT2D eigenvalue weighted by Crippen LogP contribution is -2.15. The zero-order chi connectivity index (χ0) is 21.7. The lowest BCUT2D eigenvalue weighted by atomic mass is 9.78. The number of benzene rings is 1. The van der Waals surface area contributed by atoms with E-state index in [1.807, 2.05) is 6.20 Å². The van der Waals surface area contributed by atoms with Gasteiger partial charge in [0.1, 0.15) is 5.75 Å².